The number of rotatable bonds is 6. The van der Waals surface area contributed by atoms with Gasteiger partial charge in [-0.2, -0.15) is 0 Å². The number of hydrogen-bond donors (Lipinski definition) is 4. The van der Waals surface area contributed by atoms with E-state index in [1.807, 2.05) is 37.3 Å². The molecule has 4 N–H and O–H groups in total. The fourth-order valence-electron chi connectivity index (χ4n) is 6.54. The first kappa shape index (κ1) is 26.1. The van der Waals surface area contributed by atoms with E-state index in [1.54, 1.807) is 12.1 Å². The summed E-state index contributed by atoms with van der Waals surface area (Å²) in [4.78, 5) is 25.6. The number of benzene rings is 2. The predicted octanol–water partition coefficient (Wildman–Crippen LogP) is 5.09. The van der Waals surface area contributed by atoms with Crippen molar-refractivity contribution in [2.75, 3.05) is 5.32 Å². The number of aliphatic hydroxyl groups excluding tert-OH is 1. The third-order valence-corrected chi connectivity index (χ3v) is 8.65. The Bertz CT molecular complexity index is 1060. The highest BCUT2D eigenvalue weighted by Gasteiger charge is 2.53. The Morgan fingerprint density at radius 3 is 2.56 bits per heavy atom. The lowest BCUT2D eigenvalue weighted by Crippen LogP contribution is -2.58. The number of carbonyl (C=O) groups excluding carboxylic acids is 2. The van der Waals surface area contributed by atoms with E-state index < -0.39 is 11.9 Å². The Morgan fingerprint density at radius 1 is 1.11 bits per heavy atom. The number of hydrogen-bond acceptors (Lipinski definition) is 3. The van der Waals surface area contributed by atoms with Crippen molar-refractivity contribution in [1.29, 1.82) is 0 Å². The third-order valence-electron chi connectivity index (χ3n) is 8.65. The first-order valence-electron chi connectivity index (χ1n) is 13.0. The van der Waals surface area contributed by atoms with Crippen molar-refractivity contribution in [2.45, 2.75) is 65.1 Å². The predicted molar refractivity (Wildman–Crippen MR) is 139 cm³/mol. The lowest BCUT2D eigenvalue weighted by molar-refractivity contribution is -0.142. The summed E-state index contributed by atoms with van der Waals surface area (Å²) >= 11 is 0. The van der Waals surface area contributed by atoms with Crippen LogP contribution in [0, 0.1) is 34.9 Å². The molecule has 3 amide bonds. The molecule has 0 bridgehead atoms. The summed E-state index contributed by atoms with van der Waals surface area (Å²) in [6.45, 7) is 6.70. The standard InChI is InChI=1S/C29H38FN3O3/c1-18(27(35)31-17-20-8-5-4-6-9-20)23-12-14-29(3)15-13-24(19(2)25(29)26(23)34)33-28(36)32-22-11-7-10-21(30)16-22/h4-11,16,18-19,23-26,34H,12-15,17H2,1-3H3,(H,31,35)(H2,32,33,36)/t18-,19+,23-,24-,25+,26-,29-/m0/s1. The summed E-state index contributed by atoms with van der Waals surface area (Å²) in [7, 11) is 0. The second-order valence-electron chi connectivity index (χ2n) is 11.0. The van der Waals surface area contributed by atoms with Gasteiger partial charge in [-0.1, -0.05) is 57.2 Å². The molecule has 2 aromatic rings. The second-order valence-corrected chi connectivity index (χ2v) is 11.0. The molecule has 0 aromatic heterocycles. The van der Waals surface area contributed by atoms with Crippen molar-refractivity contribution in [3.8, 4) is 0 Å². The molecule has 7 heteroatoms. The number of halogens is 1. The van der Waals surface area contributed by atoms with Crippen molar-refractivity contribution in [2.24, 2.45) is 29.1 Å². The van der Waals surface area contributed by atoms with Gasteiger partial charge in [-0.15, -0.1) is 0 Å². The Kier molecular flexibility index (Phi) is 7.98. The number of carbonyl (C=O) groups is 2. The SMILES string of the molecule is C[C@H]1[C@@H]2[C@@H](O)[C@H]([C@H](C)C(=O)NCc3ccccc3)CC[C@@]2(C)CC[C@@H]1NC(=O)Nc1cccc(F)c1. The highest BCUT2D eigenvalue weighted by Crippen LogP contribution is 2.55. The van der Waals surface area contributed by atoms with Gasteiger partial charge < -0.3 is 21.1 Å². The van der Waals surface area contributed by atoms with Crippen LogP contribution in [0.3, 0.4) is 0 Å². The van der Waals surface area contributed by atoms with Gasteiger partial charge in [0.05, 0.1) is 6.10 Å². The number of nitrogens with one attached hydrogen (secondary N) is 3. The average molecular weight is 496 g/mol. The highest BCUT2D eigenvalue weighted by molar-refractivity contribution is 5.89. The molecule has 194 valence electrons. The van der Waals surface area contributed by atoms with E-state index in [4.69, 9.17) is 0 Å². The Hall–Kier alpha value is -2.93. The van der Waals surface area contributed by atoms with E-state index >= 15 is 0 Å². The van der Waals surface area contributed by atoms with E-state index in [0.717, 1.165) is 31.2 Å². The molecule has 0 radical (unpaired) electrons. The molecule has 2 aliphatic carbocycles. The van der Waals surface area contributed by atoms with E-state index in [1.165, 1.54) is 12.1 Å². The molecule has 6 nitrogen and oxygen atoms in total. The van der Waals surface area contributed by atoms with Gasteiger partial charge in [0, 0.05) is 24.2 Å². The first-order chi connectivity index (χ1) is 17.2. The Balaban J connectivity index is 1.39. The molecule has 0 heterocycles. The average Bonchev–Trinajstić information content (AvgIpc) is 2.85. The maximum absolute atomic E-state index is 13.5. The summed E-state index contributed by atoms with van der Waals surface area (Å²) in [5.74, 6) is -0.911. The van der Waals surface area contributed by atoms with Gasteiger partial charge in [0.1, 0.15) is 5.82 Å². The number of urea groups is 1. The van der Waals surface area contributed by atoms with Crippen LogP contribution in [0.5, 0.6) is 0 Å². The van der Waals surface area contributed by atoms with E-state index in [-0.39, 0.29) is 47.1 Å². The highest BCUT2D eigenvalue weighted by atomic mass is 19.1. The van der Waals surface area contributed by atoms with Crippen molar-refractivity contribution >= 4 is 17.6 Å². The lowest BCUT2D eigenvalue weighted by atomic mass is 9.52. The Morgan fingerprint density at radius 2 is 1.83 bits per heavy atom. The zero-order chi connectivity index (χ0) is 25.9. The first-order valence-corrected chi connectivity index (χ1v) is 13.0. The molecule has 2 aromatic carbocycles. The largest absolute Gasteiger partial charge is 0.392 e. The van der Waals surface area contributed by atoms with Gasteiger partial charge >= 0.3 is 6.03 Å². The van der Waals surface area contributed by atoms with Crippen LogP contribution in [-0.4, -0.2) is 29.2 Å². The van der Waals surface area contributed by atoms with Gasteiger partial charge in [-0.3, -0.25) is 4.79 Å². The molecule has 7 atom stereocenters. The molecular formula is C29H38FN3O3. The molecule has 2 fully saturated rings. The van der Waals surface area contributed by atoms with Crippen molar-refractivity contribution in [3.63, 3.8) is 0 Å². The minimum Gasteiger partial charge on any atom is -0.392 e. The summed E-state index contributed by atoms with van der Waals surface area (Å²) in [5, 5.41) is 20.4. The molecule has 2 saturated carbocycles. The fourth-order valence-corrected chi connectivity index (χ4v) is 6.54. The molecule has 0 unspecified atom stereocenters. The van der Waals surface area contributed by atoms with Crippen LogP contribution in [0.15, 0.2) is 54.6 Å². The number of anilines is 1. The summed E-state index contributed by atoms with van der Waals surface area (Å²) in [5.41, 5.74) is 1.40. The van der Waals surface area contributed by atoms with Crippen LogP contribution in [0.4, 0.5) is 14.9 Å². The van der Waals surface area contributed by atoms with Crippen LogP contribution in [0.1, 0.15) is 52.0 Å². The van der Waals surface area contributed by atoms with Gasteiger partial charge in [0.25, 0.3) is 0 Å². The monoisotopic (exact) mass is 495 g/mol. The van der Waals surface area contributed by atoms with Crippen LogP contribution in [-0.2, 0) is 11.3 Å². The molecular weight excluding hydrogens is 457 g/mol. The van der Waals surface area contributed by atoms with Crippen molar-refractivity contribution in [3.05, 3.63) is 66.0 Å². The summed E-state index contributed by atoms with van der Waals surface area (Å²) in [6.07, 6.45) is 2.83. The molecule has 0 spiro atoms. The minimum atomic E-state index is -0.632. The van der Waals surface area contributed by atoms with Crippen LogP contribution < -0.4 is 16.0 Å². The van der Waals surface area contributed by atoms with Gasteiger partial charge in [0.2, 0.25) is 5.91 Å². The van der Waals surface area contributed by atoms with Gasteiger partial charge in [0.15, 0.2) is 0 Å². The van der Waals surface area contributed by atoms with Crippen LogP contribution in [0.25, 0.3) is 0 Å². The zero-order valence-electron chi connectivity index (χ0n) is 21.3. The normalized spacial score (nSPS) is 30.5. The van der Waals surface area contributed by atoms with Crippen molar-refractivity contribution in [1.82, 2.24) is 10.6 Å². The van der Waals surface area contributed by atoms with Gasteiger partial charge in [-0.25, -0.2) is 9.18 Å². The molecule has 36 heavy (non-hydrogen) atoms. The quantitative estimate of drug-likeness (QED) is 0.450. The molecule has 2 aliphatic rings. The molecule has 0 aliphatic heterocycles. The summed E-state index contributed by atoms with van der Waals surface area (Å²) < 4.78 is 13.5. The van der Waals surface area contributed by atoms with Crippen LogP contribution in [0.2, 0.25) is 0 Å². The molecule has 0 saturated heterocycles. The fraction of sp³-hybridized carbons (Fsp3) is 0.517. The smallest absolute Gasteiger partial charge is 0.319 e. The second kappa shape index (κ2) is 11.0. The number of aliphatic hydroxyl groups is 1. The lowest BCUT2D eigenvalue weighted by Gasteiger charge is -2.56. The Labute approximate surface area is 213 Å². The maximum atomic E-state index is 13.5. The maximum Gasteiger partial charge on any atom is 0.319 e. The molecule has 4 rings (SSSR count). The van der Waals surface area contributed by atoms with Crippen molar-refractivity contribution < 1.29 is 19.1 Å². The third kappa shape index (κ3) is 5.72. The number of amides is 3. The van der Waals surface area contributed by atoms with Crippen LogP contribution >= 0.6 is 0 Å². The van der Waals surface area contributed by atoms with E-state index in [9.17, 15) is 19.1 Å². The van der Waals surface area contributed by atoms with E-state index in [0.29, 0.717) is 12.2 Å². The zero-order valence-corrected chi connectivity index (χ0v) is 21.3. The van der Waals surface area contributed by atoms with E-state index in [2.05, 4.69) is 29.8 Å². The number of fused-ring (bicyclic) bond motifs is 1. The minimum absolute atomic E-state index is 0.0272. The van der Waals surface area contributed by atoms with Gasteiger partial charge in [-0.05, 0) is 72.6 Å². The summed E-state index contributed by atoms with van der Waals surface area (Å²) in [6, 6.07) is 15.1. The topological polar surface area (TPSA) is 90.5 Å².